The zero-order chi connectivity index (χ0) is 20.9. The first-order valence-corrected chi connectivity index (χ1v) is 12.4. The van der Waals surface area contributed by atoms with Crippen molar-refractivity contribution < 1.29 is 14.3 Å². The van der Waals surface area contributed by atoms with Crippen LogP contribution >= 0.6 is 0 Å². The Balaban J connectivity index is 2.84. The Bertz CT molecular complexity index is 882. The number of allylic oxidation sites excluding steroid dienone is 2. The highest BCUT2D eigenvalue weighted by atomic mass is 28.3. The van der Waals surface area contributed by atoms with Gasteiger partial charge in [0.1, 0.15) is 25.5 Å². The molecule has 0 radical (unpaired) electrons. The Morgan fingerprint density at radius 2 is 1.46 bits per heavy atom. The first-order chi connectivity index (χ1) is 13.2. The molecule has 0 atom stereocenters. The normalized spacial score (nSPS) is 12.7. The third kappa shape index (κ3) is 4.29. The van der Waals surface area contributed by atoms with Crippen LogP contribution in [0.5, 0.6) is 5.75 Å². The smallest absolute Gasteiger partial charge is 0.134 e. The summed E-state index contributed by atoms with van der Waals surface area (Å²) in [4.78, 5) is 12.3. The highest BCUT2D eigenvalue weighted by Crippen LogP contribution is 2.46. The van der Waals surface area contributed by atoms with Crippen molar-refractivity contribution in [2.45, 2.75) is 38.9 Å². The van der Waals surface area contributed by atoms with E-state index in [2.05, 4.69) is 39.8 Å². The fourth-order valence-electron chi connectivity index (χ4n) is 2.97. The van der Waals surface area contributed by atoms with E-state index in [1.54, 1.807) is 14.2 Å². The van der Waals surface area contributed by atoms with Crippen molar-refractivity contribution in [3.8, 4) is 5.75 Å². The summed E-state index contributed by atoms with van der Waals surface area (Å²) in [6, 6.07) is 17.7. The SMILES string of the molecule is CO/C(=C(\C(=C=O)[Si](C)(C)C(C)(C)C)c1ccccc1)c1ccc(OC)cc1. The van der Waals surface area contributed by atoms with Crippen molar-refractivity contribution in [3.63, 3.8) is 0 Å². The van der Waals surface area contributed by atoms with E-state index in [9.17, 15) is 4.79 Å². The third-order valence-electron chi connectivity index (χ3n) is 5.70. The Kier molecular flexibility index (Phi) is 6.71. The molecule has 2 aromatic rings. The van der Waals surface area contributed by atoms with Crippen LogP contribution in [0, 0.1) is 0 Å². The van der Waals surface area contributed by atoms with Gasteiger partial charge in [-0.05, 0) is 34.9 Å². The van der Waals surface area contributed by atoms with Crippen LogP contribution in [0.15, 0.2) is 59.8 Å². The van der Waals surface area contributed by atoms with Gasteiger partial charge in [-0.15, -0.1) is 0 Å². The summed E-state index contributed by atoms with van der Waals surface area (Å²) >= 11 is 0. The second-order valence-electron chi connectivity index (χ2n) is 8.35. The molecule has 2 aromatic carbocycles. The van der Waals surface area contributed by atoms with E-state index in [-0.39, 0.29) is 5.04 Å². The third-order valence-corrected chi connectivity index (χ3v) is 11.0. The minimum Gasteiger partial charge on any atom is -0.497 e. The predicted molar refractivity (Wildman–Crippen MR) is 120 cm³/mol. The summed E-state index contributed by atoms with van der Waals surface area (Å²) in [5.41, 5.74) is 2.68. The summed E-state index contributed by atoms with van der Waals surface area (Å²) in [6.45, 7) is 11.0. The number of benzene rings is 2. The van der Waals surface area contributed by atoms with E-state index < -0.39 is 8.07 Å². The second-order valence-corrected chi connectivity index (χ2v) is 13.6. The molecule has 0 aliphatic heterocycles. The van der Waals surface area contributed by atoms with Gasteiger partial charge in [-0.3, -0.25) is 0 Å². The average Bonchev–Trinajstić information content (AvgIpc) is 2.68. The van der Waals surface area contributed by atoms with Crippen LogP contribution in [0.4, 0.5) is 0 Å². The molecule has 0 saturated carbocycles. The summed E-state index contributed by atoms with van der Waals surface area (Å²) in [5.74, 6) is 3.77. The zero-order valence-electron chi connectivity index (χ0n) is 17.9. The molecular weight excluding hydrogens is 364 g/mol. The van der Waals surface area contributed by atoms with Crippen molar-refractivity contribution >= 4 is 25.3 Å². The second kappa shape index (κ2) is 8.64. The summed E-state index contributed by atoms with van der Waals surface area (Å²) < 4.78 is 11.2. The molecule has 0 aliphatic rings. The number of carbonyl (C=O) groups excluding carboxylic acids is 1. The number of ether oxygens (including phenoxy) is 2. The van der Waals surface area contributed by atoms with Crippen LogP contribution in [0.2, 0.25) is 18.1 Å². The van der Waals surface area contributed by atoms with Crippen LogP contribution in [-0.4, -0.2) is 28.2 Å². The van der Waals surface area contributed by atoms with Crippen LogP contribution in [0.1, 0.15) is 31.9 Å². The Hall–Kier alpha value is -2.55. The topological polar surface area (TPSA) is 35.5 Å². The maximum absolute atomic E-state index is 12.3. The molecule has 0 heterocycles. The van der Waals surface area contributed by atoms with E-state index in [4.69, 9.17) is 9.47 Å². The number of hydrogen-bond donors (Lipinski definition) is 0. The Morgan fingerprint density at radius 1 is 0.893 bits per heavy atom. The van der Waals surface area contributed by atoms with Gasteiger partial charge in [-0.25, -0.2) is 4.79 Å². The quantitative estimate of drug-likeness (QED) is 0.198. The first kappa shape index (κ1) is 21.7. The largest absolute Gasteiger partial charge is 0.497 e. The minimum atomic E-state index is -2.18. The zero-order valence-corrected chi connectivity index (χ0v) is 18.9. The van der Waals surface area contributed by atoms with Gasteiger partial charge in [0.05, 0.1) is 14.2 Å². The minimum absolute atomic E-state index is 0.0153. The molecule has 0 fully saturated rings. The van der Waals surface area contributed by atoms with Gasteiger partial charge in [0.25, 0.3) is 0 Å². The highest BCUT2D eigenvalue weighted by molar-refractivity contribution is 6.90. The maximum Gasteiger partial charge on any atom is 0.134 e. The van der Waals surface area contributed by atoms with Gasteiger partial charge in [-0.1, -0.05) is 64.2 Å². The lowest BCUT2D eigenvalue weighted by molar-refractivity contribution is 0.371. The molecule has 0 aromatic heterocycles. The fourth-order valence-corrected chi connectivity index (χ4v) is 4.85. The van der Waals surface area contributed by atoms with E-state index in [1.807, 2.05) is 54.6 Å². The molecule has 28 heavy (non-hydrogen) atoms. The van der Waals surface area contributed by atoms with Gasteiger partial charge in [0.15, 0.2) is 0 Å². The monoisotopic (exact) mass is 394 g/mol. The predicted octanol–water partition coefficient (Wildman–Crippen LogP) is 6.02. The van der Waals surface area contributed by atoms with E-state index in [1.165, 1.54) is 0 Å². The lowest BCUT2D eigenvalue weighted by Crippen LogP contribution is -2.40. The molecule has 0 unspecified atom stereocenters. The maximum atomic E-state index is 12.3. The van der Waals surface area contributed by atoms with Crippen molar-refractivity contribution in [1.82, 2.24) is 0 Å². The standard InChI is InChI=1S/C24H30O3Si/c1-24(2,3)28(6,7)21(17-25)22(18-11-9-8-10-12-18)23(27-5)19-13-15-20(26-4)16-14-19/h8-16H,1-7H3/b23-22-. The van der Waals surface area contributed by atoms with Gasteiger partial charge < -0.3 is 9.47 Å². The molecule has 148 valence electrons. The molecular formula is C24H30O3Si. The van der Waals surface area contributed by atoms with Gasteiger partial charge in [0.2, 0.25) is 0 Å². The van der Waals surface area contributed by atoms with Crippen molar-refractivity contribution in [1.29, 1.82) is 0 Å². The Morgan fingerprint density at radius 3 is 1.89 bits per heavy atom. The number of rotatable bonds is 6. The van der Waals surface area contributed by atoms with Crippen LogP contribution in [0.3, 0.4) is 0 Å². The van der Waals surface area contributed by atoms with Gasteiger partial charge in [-0.2, -0.15) is 0 Å². The van der Waals surface area contributed by atoms with Gasteiger partial charge >= 0.3 is 0 Å². The molecule has 4 heteroatoms. The summed E-state index contributed by atoms with van der Waals surface area (Å²) in [5, 5.41) is 0.720. The lowest BCUT2D eigenvalue weighted by Gasteiger charge is -2.38. The first-order valence-electron chi connectivity index (χ1n) is 9.41. The number of hydrogen-bond acceptors (Lipinski definition) is 3. The molecule has 2 rings (SSSR count). The molecule has 0 aliphatic carbocycles. The lowest BCUT2D eigenvalue weighted by atomic mass is 10.0. The van der Waals surface area contributed by atoms with Crippen LogP contribution < -0.4 is 4.74 Å². The molecule has 0 saturated heterocycles. The number of methoxy groups -OCH3 is 2. The summed E-state index contributed by atoms with van der Waals surface area (Å²) in [6.07, 6.45) is 0. The van der Waals surface area contributed by atoms with Gasteiger partial charge in [0, 0.05) is 16.3 Å². The van der Waals surface area contributed by atoms with Crippen molar-refractivity contribution in [2.24, 2.45) is 0 Å². The summed E-state index contributed by atoms with van der Waals surface area (Å²) in [7, 11) is 1.11. The fraction of sp³-hybridized carbons (Fsp3) is 0.333. The van der Waals surface area contributed by atoms with Crippen molar-refractivity contribution in [3.05, 3.63) is 70.9 Å². The van der Waals surface area contributed by atoms with E-state index in [0.717, 1.165) is 27.6 Å². The molecule has 0 bridgehead atoms. The van der Waals surface area contributed by atoms with Crippen LogP contribution in [0.25, 0.3) is 11.3 Å². The average molecular weight is 395 g/mol. The van der Waals surface area contributed by atoms with Crippen molar-refractivity contribution in [2.75, 3.05) is 14.2 Å². The molecule has 0 N–H and O–H groups in total. The van der Waals surface area contributed by atoms with Crippen LogP contribution in [-0.2, 0) is 9.53 Å². The highest BCUT2D eigenvalue weighted by Gasteiger charge is 2.42. The molecule has 3 nitrogen and oxygen atoms in total. The molecule has 0 spiro atoms. The van der Waals surface area contributed by atoms with E-state index >= 15 is 0 Å². The Labute approximate surface area is 169 Å². The molecule has 0 amide bonds. The van der Waals surface area contributed by atoms with E-state index in [0.29, 0.717) is 5.76 Å².